The van der Waals surface area contributed by atoms with E-state index in [1.807, 2.05) is 61.5 Å². The number of allylic oxidation sites excluding steroid dienone is 3. The van der Waals surface area contributed by atoms with E-state index in [4.69, 9.17) is 4.74 Å². The molecule has 0 amide bonds. The lowest BCUT2D eigenvalue weighted by Gasteiger charge is -2.33. The van der Waals surface area contributed by atoms with Crippen LogP contribution < -0.4 is 10.6 Å². The number of nitrogens with one attached hydrogen (secondary N) is 2. The highest BCUT2D eigenvalue weighted by Gasteiger charge is 2.46. The van der Waals surface area contributed by atoms with Gasteiger partial charge in [-0.05, 0) is 31.6 Å². The molecule has 2 N–H and O–H groups in total. The first-order valence-corrected chi connectivity index (χ1v) is 9.20. The second-order valence-electron chi connectivity index (χ2n) is 7.20. The van der Waals surface area contributed by atoms with Gasteiger partial charge in [0.2, 0.25) is 0 Å². The van der Waals surface area contributed by atoms with Crippen molar-refractivity contribution in [3.8, 4) is 0 Å². The first-order valence-electron chi connectivity index (χ1n) is 9.20. The van der Waals surface area contributed by atoms with E-state index >= 15 is 0 Å². The molecule has 0 bridgehead atoms. The monoisotopic (exact) mass is 386 g/mol. The first-order chi connectivity index (χ1) is 13.3. The summed E-state index contributed by atoms with van der Waals surface area (Å²) in [6, 6.07) is 17.2. The van der Waals surface area contributed by atoms with Crippen molar-refractivity contribution in [3.63, 3.8) is 0 Å². The molecule has 28 heavy (non-hydrogen) atoms. The Labute approximate surface area is 161 Å². The lowest BCUT2D eigenvalue weighted by Crippen LogP contribution is -2.47. The smallest absolute Gasteiger partial charge is 0.389 e. The van der Waals surface area contributed by atoms with E-state index in [2.05, 4.69) is 10.6 Å². The maximum atomic E-state index is 13.1. The van der Waals surface area contributed by atoms with E-state index in [0.717, 1.165) is 16.8 Å². The summed E-state index contributed by atoms with van der Waals surface area (Å²) in [4.78, 5) is 0. The molecule has 1 aliphatic heterocycles. The minimum Gasteiger partial charge on any atom is -0.444 e. The van der Waals surface area contributed by atoms with Gasteiger partial charge < -0.3 is 15.4 Å². The van der Waals surface area contributed by atoms with Crippen molar-refractivity contribution < 1.29 is 17.9 Å². The highest BCUT2D eigenvalue weighted by molar-refractivity contribution is 5.50. The Hall–Kier alpha value is -2.89. The fraction of sp³-hybridized carbons (Fsp3) is 0.273. The van der Waals surface area contributed by atoms with Crippen molar-refractivity contribution in [2.75, 3.05) is 5.32 Å². The predicted molar refractivity (Wildman–Crippen MR) is 102 cm³/mol. The number of aryl methyl sites for hydroxylation is 1. The molecular formula is C22H21F3N2O. The molecule has 1 aliphatic carbocycles. The molecule has 3 nitrogen and oxygen atoms in total. The first kappa shape index (κ1) is 18.5. The van der Waals surface area contributed by atoms with Gasteiger partial charge in [-0.3, -0.25) is 0 Å². The predicted octanol–water partition coefficient (Wildman–Crippen LogP) is 5.58. The number of rotatable bonds is 4. The van der Waals surface area contributed by atoms with Crippen LogP contribution in [0.3, 0.4) is 0 Å². The Morgan fingerprint density at radius 3 is 2.50 bits per heavy atom. The van der Waals surface area contributed by atoms with Crippen LogP contribution in [0.2, 0.25) is 0 Å². The molecule has 0 aromatic heterocycles. The van der Waals surface area contributed by atoms with Gasteiger partial charge in [0.25, 0.3) is 5.85 Å². The van der Waals surface area contributed by atoms with Crippen molar-refractivity contribution in [2.24, 2.45) is 5.92 Å². The average molecular weight is 386 g/mol. The van der Waals surface area contributed by atoms with E-state index in [1.165, 1.54) is 0 Å². The average Bonchev–Trinajstić information content (AvgIpc) is 3.04. The SMILES string of the molecule is Cc1ccc(NC2(c3ccccc3)NC3=C(C=CCC3CC(F)(F)F)O2)cc1. The van der Waals surface area contributed by atoms with Gasteiger partial charge in [0.15, 0.2) is 0 Å². The van der Waals surface area contributed by atoms with Gasteiger partial charge in [0.1, 0.15) is 5.76 Å². The molecule has 2 unspecified atom stereocenters. The molecule has 6 heteroatoms. The summed E-state index contributed by atoms with van der Waals surface area (Å²) in [6.07, 6.45) is -1.31. The summed E-state index contributed by atoms with van der Waals surface area (Å²) in [5.41, 5.74) is 3.19. The zero-order valence-corrected chi connectivity index (χ0v) is 15.4. The van der Waals surface area contributed by atoms with Crippen LogP contribution in [0.15, 0.2) is 78.2 Å². The maximum absolute atomic E-state index is 13.1. The maximum Gasteiger partial charge on any atom is 0.389 e. The Morgan fingerprint density at radius 2 is 1.82 bits per heavy atom. The van der Waals surface area contributed by atoms with E-state index in [1.54, 1.807) is 12.2 Å². The molecule has 2 atom stereocenters. The lowest BCUT2D eigenvalue weighted by atomic mass is 9.92. The van der Waals surface area contributed by atoms with Gasteiger partial charge in [-0.2, -0.15) is 13.2 Å². The molecule has 2 aromatic rings. The Morgan fingerprint density at radius 1 is 1.11 bits per heavy atom. The molecular weight excluding hydrogens is 365 g/mol. The highest BCUT2D eigenvalue weighted by Crippen LogP contribution is 2.43. The third-order valence-corrected chi connectivity index (χ3v) is 4.97. The minimum absolute atomic E-state index is 0.324. The summed E-state index contributed by atoms with van der Waals surface area (Å²) in [7, 11) is 0. The molecule has 0 saturated heterocycles. The molecule has 2 aromatic carbocycles. The van der Waals surface area contributed by atoms with Crippen molar-refractivity contribution in [1.82, 2.24) is 5.32 Å². The van der Waals surface area contributed by atoms with Crippen LogP contribution in [0.25, 0.3) is 0 Å². The van der Waals surface area contributed by atoms with Gasteiger partial charge in [0.05, 0.1) is 12.1 Å². The van der Waals surface area contributed by atoms with Crippen LogP contribution in [0.4, 0.5) is 18.9 Å². The van der Waals surface area contributed by atoms with E-state index < -0.39 is 24.4 Å². The molecule has 1 heterocycles. The number of anilines is 1. The van der Waals surface area contributed by atoms with Crippen molar-refractivity contribution in [2.45, 2.75) is 31.8 Å². The normalized spacial score (nSPS) is 23.8. The Balaban J connectivity index is 1.69. The van der Waals surface area contributed by atoms with Crippen LogP contribution in [0, 0.1) is 12.8 Å². The summed E-state index contributed by atoms with van der Waals surface area (Å²) in [5, 5.41) is 6.60. The van der Waals surface area contributed by atoms with Crippen LogP contribution in [-0.2, 0) is 10.6 Å². The van der Waals surface area contributed by atoms with Crippen molar-refractivity contribution in [1.29, 1.82) is 0 Å². The number of hydrogen-bond acceptors (Lipinski definition) is 3. The van der Waals surface area contributed by atoms with Crippen molar-refractivity contribution >= 4 is 5.69 Å². The van der Waals surface area contributed by atoms with Crippen LogP contribution in [-0.4, -0.2) is 6.18 Å². The van der Waals surface area contributed by atoms with Crippen LogP contribution in [0.1, 0.15) is 24.0 Å². The lowest BCUT2D eigenvalue weighted by molar-refractivity contribution is -0.142. The zero-order valence-electron chi connectivity index (χ0n) is 15.4. The number of hydrogen-bond donors (Lipinski definition) is 2. The second-order valence-corrected chi connectivity index (χ2v) is 7.20. The molecule has 0 fully saturated rings. The Kier molecular flexibility index (Phi) is 4.57. The topological polar surface area (TPSA) is 33.3 Å². The molecule has 0 spiro atoms. The molecule has 0 saturated carbocycles. The number of halogens is 3. The quantitative estimate of drug-likeness (QED) is 0.720. The number of benzene rings is 2. The van der Waals surface area contributed by atoms with Crippen molar-refractivity contribution in [3.05, 3.63) is 89.3 Å². The number of alkyl halides is 3. The zero-order chi connectivity index (χ0) is 19.8. The third kappa shape index (κ3) is 3.72. The summed E-state index contributed by atoms with van der Waals surface area (Å²) >= 11 is 0. The second kappa shape index (κ2) is 6.93. The van der Waals surface area contributed by atoms with Crippen LogP contribution in [0.5, 0.6) is 0 Å². The summed E-state index contributed by atoms with van der Waals surface area (Å²) in [6.45, 7) is 1.99. The largest absolute Gasteiger partial charge is 0.444 e. The molecule has 0 radical (unpaired) electrons. The van der Waals surface area contributed by atoms with E-state index in [-0.39, 0.29) is 0 Å². The number of ether oxygens (including phenoxy) is 1. The van der Waals surface area contributed by atoms with E-state index in [9.17, 15) is 13.2 Å². The molecule has 2 aliphatic rings. The van der Waals surface area contributed by atoms with Crippen LogP contribution >= 0.6 is 0 Å². The highest BCUT2D eigenvalue weighted by atomic mass is 19.4. The standard InChI is InChI=1S/C22H21F3N2O/c1-15-10-12-18(13-11-15)26-22(17-7-3-2-4-8-17)27-20-16(14-21(23,24)25)6-5-9-19(20)28-22/h2-5,7-13,16,26-27H,6,14H2,1H3. The van der Waals surface area contributed by atoms with Gasteiger partial charge in [-0.1, -0.05) is 54.1 Å². The van der Waals surface area contributed by atoms with Gasteiger partial charge in [-0.15, -0.1) is 0 Å². The van der Waals surface area contributed by atoms with Gasteiger partial charge in [0, 0.05) is 17.2 Å². The molecule has 146 valence electrons. The minimum atomic E-state index is -4.24. The summed E-state index contributed by atoms with van der Waals surface area (Å²) < 4.78 is 45.4. The fourth-order valence-electron chi connectivity index (χ4n) is 3.62. The van der Waals surface area contributed by atoms with Gasteiger partial charge in [-0.25, -0.2) is 0 Å². The Bertz CT molecular complexity index is 904. The summed E-state index contributed by atoms with van der Waals surface area (Å²) in [5.74, 6) is -1.41. The molecule has 4 rings (SSSR count). The van der Waals surface area contributed by atoms with Gasteiger partial charge >= 0.3 is 6.18 Å². The van der Waals surface area contributed by atoms with E-state index in [0.29, 0.717) is 17.9 Å². The fourth-order valence-corrected chi connectivity index (χ4v) is 3.62. The third-order valence-electron chi connectivity index (χ3n) is 4.97.